The molecule has 5 heteroatoms. The first-order valence-electron chi connectivity index (χ1n) is 10.9. The largest absolute Gasteiger partial charge is 0.355 e. The molecule has 0 aliphatic rings. The smallest absolute Gasteiger partial charge is 0.307 e. The molecule has 32 heavy (non-hydrogen) atoms. The molecule has 0 bridgehead atoms. The van der Waals surface area contributed by atoms with E-state index in [9.17, 15) is 4.57 Å². The van der Waals surface area contributed by atoms with Crippen molar-refractivity contribution in [2.24, 2.45) is 4.99 Å². The molecule has 1 atom stereocenters. The molecule has 0 radical (unpaired) electrons. The van der Waals surface area contributed by atoms with Gasteiger partial charge in [-0.2, -0.15) is 0 Å². The summed E-state index contributed by atoms with van der Waals surface area (Å²) in [6.45, 7) is 4.22. The molecule has 166 valence electrons. The zero-order valence-corrected chi connectivity index (χ0v) is 19.5. The van der Waals surface area contributed by atoms with Gasteiger partial charge in [-0.3, -0.25) is 9.56 Å². The van der Waals surface area contributed by atoms with Crippen LogP contribution in [0, 0.1) is 0 Å². The number of hydrogen-bond acceptors (Lipinski definition) is 4. The quantitative estimate of drug-likeness (QED) is 0.230. The van der Waals surface area contributed by atoms with Crippen molar-refractivity contribution in [2.45, 2.75) is 26.1 Å². The summed E-state index contributed by atoms with van der Waals surface area (Å²) in [5, 5.41) is 0. The van der Waals surface area contributed by atoms with Gasteiger partial charge in [0.15, 0.2) is 5.78 Å². The van der Waals surface area contributed by atoms with Crippen molar-refractivity contribution in [1.29, 1.82) is 0 Å². The highest BCUT2D eigenvalue weighted by molar-refractivity contribution is 7.54. The van der Waals surface area contributed by atoms with Crippen LogP contribution in [0.15, 0.2) is 102 Å². The highest BCUT2D eigenvalue weighted by Gasteiger charge is 2.35. The van der Waals surface area contributed by atoms with Crippen molar-refractivity contribution >= 4 is 19.4 Å². The summed E-state index contributed by atoms with van der Waals surface area (Å²) < 4.78 is 25.2. The third-order valence-electron chi connectivity index (χ3n) is 4.81. The normalized spacial score (nSPS) is 12.6. The first kappa shape index (κ1) is 23.9. The van der Waals surface area contributed by atoms with Crippen LogP contribution >= 0.6 is 7.60 Å². The maximum absolute atomic E-state index is 13.8. The van der Waals surface area contributed by atoms with E-state index in [0.29, 0.717) is 6.42 Å². The summed E-state index contributed by atoms with van der Waals surface area (Å²) in [6.07, 6.45) is 4.42. The van der Waals surface area contributed by atoms with Crippen LogP contribution in [-0.2, 0) is 13.6 Å². The fraction of sp³-hybridized carbons (Fsp3) is 0.222. The SMILES string of the molecule is CCOP(=O)(OCC)C(C/C=C/c1ccccc1)N=C(c1ccccc1)c1ccccc1. The van der Waals surface area contributed by atoms with Crippen LogP contribution in [0.5, 0.6) is 0 Å². The number of benzene rings is 3. The number of rotatable bonds is 11. The predicted octanol–water partition coefficient (Wildman–Crippen LogP) is 7.22. The van der Waals surface area contributed by atoms with Crippen molar-refractivity contribution in [2.75, 3.05) is 13.2 Å². The van der Waals surface area contributed by atoms with Gasteiger partial charge in [-0.25, -0.2) is 0 Å². The van der Waals surface area contributed by atoms with Crippen LogP contribution in [0.1, 0.15) is 37.0 Å². The van der Waals surface area contributed by atoms with Gasteiger partial charge in [-0.05, 0) is 25.8 Å². The van der Waals surface area contributed by atoms with E-state index in [1.54, 1.807) is 0 Å². The monoisotopic (exact) mass is 447 g/mol. The molecule has 0 N–H and O–H groups in total. The van der Waals surface area contributed by atoms with Crippen LogP contribution in [0.25, 0.3) is 6.08 Å². The lowest BCUT2D eigenvalue weighted by Crippen LogP contribution is -2.15. The average Bonchev–Trinajstić information content (AvgIpc) is 2.83. The first-order chi connectivity index (χ1) is 15.7. The summed E-state index contributed by atoms with van der Waals surface area (Å²) >= 11 is 0. The summed E-state index contributed by atoms with van der Waals surface area (Å²) in [6, 6.07) is 29.9. The summed E-state index contributed by atoms with van der Waals surface area (Å²) in [7, 11) is -3.48. The molecule has 4 nitrogen and oxygen atoms in total. The van der Waals surface area contributed by atoms with Crippen molar-refractivity contribution in [3.05, 3.63) is 114 Å². The number of aliphatic imine (C=N–C) groups is 1. The van der Waals surface area contributed by atoms with E-state index in [1.807, 2.05) is 117 Å². The Balaban J connectivity index is 2.05. The van der Waals surface area contributed by atoms with E-state index < -0.39 is 13.4 Å². The van der Waals surface area contributed by atoms with E-state index in [1.165, 1.54) is 0 Å². The number of nitrogens with zero attached hydrogens (tertiary/aromatic N) is 1. The molecule has 0 aliphatic heterocycles. The van der Waals surface area contributed by atoms with Gasteiger partial charge in [0.05, 0.1) is 18.9 Å². The molecule has 1 unspecified atom stereocenters. The second-order valence-electron chi connectivity index (χ2n) is 7.11. The molecule has 3 aromatic carbocycles. The standard InChI is InChI=1S/C27H30NO3P/c1-3-30-32(29,31-4-2)26(22-14-17-23-15-8-5-9-16-23)28-27(24-18-10-6-11-19-24)25-20-12-7-13-21-25/h5-21,26H,3-4,22H2,1-2H3/b17-14+. The van der Waals surface area contributed by atoms with Gasteiger partial charge >= 0.3 is 7.60 Å². The molecular formula is C27H30NO3P. The minimum Gasteiger partial charge on any atom is -0.307 e. The van der Waals surface area contributed by atoms with Gasteiger partial charge in [0, 0.05) is 11.1 Å². The van der Waals surface area contributed by atoms with Crippen LogP contribution in [0.3, 0.4) is 0 Å². The van der Waals surface area contributed by atoms with Crippen molar-refractivity contribution in [3.8, 4) is 0 Å². The van der Waals surface area contributed by atoms with Gasteiger partial charge in [-0.15, -0.1) is 0 Å². The predicted molar refractivity (Wildman–Crippen MR) is 133 cm³/mol. The van der Waals surface area contributed by atoms with Crippen LogP contribution in [0.4, 0.5) is 0 Å². The Hall–Kier alpha value is -2.78. The highest BCUT2D eigenvalue weighted by Crippen LogP contribution is 2.55. The lowest BCUT2D eigenvalue weighted by atomic mass is 10.0. The molecule has 3 aromatic rings. The average molecular weight is 448 g/mol. The van der Waals surface area contributed by atoms with Gasteiger partial charge in [0.1, 0.15) is 0 Å². The minimum atomic E-state index is -3.48. The second-order valence-corrected chi connectivity index (χ2v) is 9.31. The molecule has 0 aromatic heterocycles. The highest BCUT2D eigenvalue weighted by atomic mass is 31.2. The van der Waals surface area contributed by atoms with Gasteiger partial charge < -0.3 is 9.05 Å². The molecule has 0 amide bonds. The van der Waals surface area contributed by atoms with E-state index in [-0.39, 0.29) is 13.2 Å². The molecular weight excluding hydrogens is 417 g/mol. The third kappa shape index (κ3) is 6.61. The Kier molecular flexibility index (Phi) is 9.18. The minimum absolute atomic E-state index is 0.289. The third-order valence-corrected chi connectivity index (χ3v) is 7.10. The fourth-order valence-electron chi connectivity index (χ4n) is 3.37. The van der Waals surface area contributed by atoms with E-state index in [0.717, 1.165) is 22.4 Å². The number of hydrogen-bond donors (Lipinski definition) is 0. The Labute approximate surface area is 191 Å². The Morgan fingerprint density at radius 1 is 0.812 bits per heavy atom. The van der Waals surface area contributed by atoms with Gasteiger partial charge in [-0.1, -0.05) is 103 Å². The molecule has 0 saturated heterocycles. The zero-order valence-electron chi connectivity index (χ0n) is 18.6. The van der Waals surface area contributed by atoms with Crippen molar-refractivity contribution < 1.29 is 13.6 Å². The maximum Gasteiger partial charge on any atom is 0.355 e. The van der Waals surface area contributed by atoms with Gasteiger partial charge in [0.2, 0.25) is 0 Å². The molecule has 3 rings (SSSR count). The van der Waals surface area contributed by atoms with Crippen LogP contribution < -0.4 is 0 Å². The van der Waals surface area contributed by atoms with E-state index in [4.69, 9.17) is 14.0 Å². The Bertz CT molecular complexity index is 999. The van der Waals surface area contributed by atoms with Crippen molar-refractivity contribution in [1.82, 2.24) is 0 Å². The van der Waals surface area contributed by atoms with Gasteiger partial charge in [0.25, 0.3) is 0 Å². The summed E-state index contributed by atoms with van der Waals surface area (Å²) in [5.41, 5.74) is 3.75. The molecule has 0 spiro atoms. The first-order valence-corrected chi connectivity index (χ1v) is 12.6. The molecule has 0 fully saturated rings. The fourth-order valence-corrected chi connectivity index (χ4v) is 5.14. The second kappa shape index (κ2) is 12.3. The van der Waals surface area contributed by atoms with E-state index >= 15 is 0 Å². The van der Waals surface area contributed by atoms with E-state index in [2.05, 4.69) is 0 Å². The van der Waals surface area contributed by atoms with Crippen LogP contribution in [-0.4, -0.2) is 24.7 Å². The van der Waals surface area contributed by atoms with Crippen molar-refractivity contribution in [3.63, 3.8) is 0 Å². The molecule has 0 saturated carbocycles. The molecule has 0 heterocycles. The maximum atomic E-state index is 13.8. The topological polar surface area (TPSA) is 47.9 Å². The Morgan fingerprint density at radius 3 is 1.75 bits per heavy atom. The van der Waals surface area contributed by atoms with Crippen LogP contribution in [0.2, 0.25) is 0 Å². The molecule has 0 aliphatic carbocycles. The summed E-state index contributed by atoms with van der Waals surface area (Å²) in [4.78, 5) is 5.01. The summed E-state index contributed by atoms with van der Waals surface area (Å²) in [5.74, 6) is -0.669. The zero-order chi connectivity index (χ0) is 22.7. The lowest BCUT2D eigenvalue weighted by molar-refractivity contribution is 0.212. The Morgan fingerprint density at radius 2 is 1.28 bits per heavy atom. The lowest BCUT2D eigenvalue weighted by Gasteiger charge is -2.24.